The standard InChI is InChI=1S/C21H24N4O8S/c1-14(2)15-4-6-17(7-5-15)34(31,32)23-10-8-22(9-11-23)20-18(21(26)33-3)12-16(24(27)28)13-19(20)25(29)30/h4-7,12-14H,8-11H2,1-3H3. The molecular weight excluding hydrogens is 468 g/mol. The van der Waals surface area contributed by atoms with E-state index in [0.717, 1.165) is 24.8 Å². The summed E-state index contributed by atoms with van der Waals surface area (Å²) in [5, 5.41) is 22.9. The highest BCUT2D eigenvalue weighted by atomic mass is 32.2. The number of non-ortho nitro benzene ring substituents is 1. The van der Waals surface area contributed by atoms with Gasteiger partial charge in [0.2, 0.25) is 10.0 Å². The molecule has 3 rings (SSSR count). The van der Waals surface area contributed by atoms with E-state index in [1.807, 2.05) is 13.8 Å². The van der Waals surface area contributed by atoms with E-state index in [-0.39, 0.29) is 48.2 Å². The van der Waals surface area contributed by atoms with Crippen LogP contribution in [0.25, 0.3) is 0 Å². The van der Waals surface area contributed by atoms with Crippen LogP contribution in [0.2, 0.25) is 0 Å². The van der Waals surface area contributed by atoms with E-state index in [9.17, 15) is 33.4 Å². The van der Waals surface area contributed by atoms with Crippen LogP contribution in [0.1, 0.15) is 35.7 Å². The lowest BCUT2D eigenvalue weighted by molar-refractivity contribution is -0.393. The molecule has 1 aliphatic heterocycles. The summed E-state index contributed by atoms with van der Waals surface area (Å²) in [7, 11) is -2.73. The summed E-state index contributed by atoms with van der Waals surface area (Å²) in [4.78, 5) is 35.2. The molecule has 34 heavy (non-hydrogen) atoms. The van der Waals surface area contributed by atoms with Gasteiger partial charge in [-0.3, -0.25) is 20.2 Å². The van der Waals surface area contributed by atoms with Gasteiger partial charge < -0.3 is 9.64 Å². The molecule has 0 spiro atoms. The molecule has 0 N–H and O–H groups in total. The topological polar surface area (TPSA) is 153 Å². The minimum Gasteiger partial charge on any atom is -0.465 e. The third-order valence-corrected chi connectivity index (χ3v) is 7.54. The fourth-order valence-corrected chi connectivity index (χ4v) is 5.19. The zero-order chi connectivity index (χ0) is 25.2. The molecule has 0 aromatic heterocycles. The van der Waals surface area contributed by atoms with E-state index in [1.54, 1.807) is 24.3 Å². The summed E-state index contributed by atoms with van der Waals surface area (Å²) < 4.78 is 32.1. The van der Waals surface area contributed by atoms with Crippen molar-refractivity contribution in [1.29, 1.82) is 0 Å². The highest BCUT2D eigenvalue weighted by Crippen LogP contribution is 2.37. The van der Waals surface area contributed by atoms with E-state index in [0.29, 0.717) is 0 Å². The van der Waals surface area contributed by atoms with Crippen molar-refractivity contribution in [2.75, 3.05) is 38.2 Å². The zero-order valence-electron chi connectivity index (χ0n) is 18.8. The van der Waals surface area contributed by atoms with Crippen LogP contribution in [0.4, 0.5) is 17.1 Å². The second-order valence-electron chi connectivity index (χ2n) is 7.98. The summed E-state index contributed by atoms with van der Waals surface area (Å²) >= 11 is 0. The zero-order valence-corrected chi connectivity index (χ0v) is 19.6. The molecule has 1 fully saturated rings. The predicted octanol–water partition coefficient (Wildman–Crippen LogP) is 2.92. The summed E-state index contributed by atoms with van der Waals surface area (Å²) in [5.41, 5.74) is -0.716. The Hall–Kier alpha value is -3.58. The molecule has 182 valence electrons. The molecule has 1 aliphatic rings. The number of hydrogen-bond donors (Lipinski definition) is 0. The number of benzene rings is 2. The number of ether oxygens (including phenoxy) is 1. The van der Waals surface area contributed by atoms with Gasteiger partial charge in [0.1, 0.15) is 5.69 Å². The Labute approximate surface area is 196 Å². The molecule has 0 amide bonds. The van der Waals surface area contributed by atoms with Gasteiger partial charge in [-0.2, -0.15) is 4.31 Å². The third kappa shape index (κ3) is 4.84. The van der Waals surface area contributed by atoms with Gasteiger partial charge >= 0.3 is 5.97 Å². The van der Waals surface area contributed by atoms with Crippen LogP contribution >= 0.6 is 0 Å². The maximum absolute atomic E-state index is 13.1. The Morgan fingerprint density at radius 2 is 1.59 bits per heavy atom. The molecule has 0 atom stereocenters. The number of anilines is 1. The predicted molar refractivity (Wildman–Crippen MR) is 123 cm³/mol. The highest BCUT2D eigenvalue weighted by Gasteiger charge is 2.35. The lowest BCUT2D eigenvalue weighted by Crippen LogP contribution is -2.49. The summed E-state index contributed by atoms with van der Waals surface area (Å²) in [6, 6.07) is 8.32. The number of nitro benzene ring substituents is 2. The summed E-state index contributed by atoms with van der Waals surface area (Å²) in [5.74, 6) is -0.719. The van der Waals surface area contributed by atoms with Gasteiger partial charge in [0.15, 0.2) is 0 Å². The number of hydrogen-bond acceptors (Lipinski definition) is 9. The van der Waals surface area contributed by atoms with Gasteiger partial charge in [0.05, 0.1) is 33.5 Å². The van der Waals surface area contributed by atoms with Gasteiger partial charge in [-0.05, 0) is 23.6 Å². The third-order valence-electron chi connectivity index (χ3n) is 5.63. The van der Waals surface area contributed by atoms with Crippen molar-refractivity contribution in [2.24, 2.45) is 0 Å². The van der Waals surface area contributed by atoms with Gasteiger partial charge in [0.25, 0.3) is 11.4 Å². The van der Waals surface area contributed by atoms with E-state index < -0.39 is 37.2 Å². The van der Waals surface area contributed by atoms with Crippen molar-refractivity contribution in [3.05, 3.63) is 67.8 Å². The maximum atomic E-state index is 13.1. The molecule has 0 saturated carbocycles. The number of carbonyl (C=O) groups excluding carboxylic acids is 1. The molecule has 0 radical (unpaired) electrons. The molecule has 2 aromatic carbocycles. The quantitative estimate of drug-likeness (QED) is 0.322. The van der Waals surface area contributed by atoms with Crippen molar-refractivity contribution in [3.8, 4) is 0 Å². The van der Waals surface area contributed by atoms with Crippen molar-refractivity contribution in [2.45, 2.75) is 24.7 Å². The number of piperazine rings is 1. The first-order valence-electron chi connectivity index (χ1n) is 10.4. The minimum absolute atomic E-state index is 0.00300. The fourth-order valence-electron chi connectivity index (χ4n) is 3.77. The Morgan fingerprint density at radius 1 is 1.00 bits per heavy atom. The number of nitrogens with zero attached hydrogens (tertiary/aromatic N) is 4. The van der Waals surface area contributed by atoms with Gasteiger partial charge in [0, 0.05) is 32.2 Å². The van der Waals surface area contributed by atoms with Crippen LogP contribution in [0.15, 0.2) is 41.3 Å². The highest BCUT2D eigenvalue weighted by molar-refractivity contribution is 7.89. The fraction of sp³-hybridized carbons (Fsp3) is 0.381. The Morgan fingerprint density at radius 3 is 2.06 bits per heavy atom. The first kappa shape index (κ1) is 25.1. The van der Waals surface area contributed by atoms with E-state index in [4.69, 9.17) is 0 Å². The number of rotatable bonds is 7. The van der Waals surface area contributed by atoms with Crippen LogP contribution in [0.3, 0.4) is 0 Å². The number of methoxy groups -OCH3 is 1. The molecule has 0 aliphatic carbocycles. The lowest BCUT2D eigenvalue weighted by atomic mass is 10.0. The average Bonchev–Trinajstić information content (AvgIpc) is 2.82. The second-order valence-corrected chi connectivity index (χ2v) is 9.92. The SMILES string of the molecule is COC(=O)c1cc([N+](=O)[O-])cc([N+](=O)[O-])c1N1CCN(S(=O)(=O)c2ccc(C(C)C)cc2)CC1. The minimum atomic E-state index is -3.79. The van der Waals surface area contributed by atoms with Crippen molar-refractivity contribution < 1.29 is 27.8 Å². The normalized spacial score (nSPS) is 14.8. The van der Waals surface area contributed by atoms with Crippen LogP contribution in [0.5, 0.6) is 0 Å². The maximum Gasteiger partial charge on any atom is 0.340 e. The van der Waals surface area contributed by atoms with Crippen LogP contribution in [-0.4, -0.2) is 61.8 Å². The van der Waals surface area contributed by atoms with Gasteiger partial charge in [-0.15, -0.1) is 0 Å². The van der Waals surface area contributed by atoms with Gasteiger partial charge in [-0.1, -0.05) is 26.0 Å². The van der Waals surface area contributed by atoms with Crippen LogP contribution in [-0.2, 0) is 14.8 Å². The molecule has 0 bridgehead atoms. The largest absolute Gasteiger partial charge is 0.465 e. The van der Waals surface area contributed by atoms with E-state index in [1.165, 1.54) is 9.21 Å². The van der Waals surface area contributed by atoms with E-state index in [2.05, 4.69) is 4.74 Å². The average molecular weight is 493 g/mol. The molecule has 2 aromatic rings. The van der Waals surface area contributed by atoms with Crippen molar-refractivity contribution in [3.63, 3.8) is 0 Å². The van der Waals surface area contributed by atoms with E-state index >= 15 is 0 Å². The summed E-state index contributed by atoms with van der Waals surface area (Å²) in [6.45, 7) is 4.08. The molecule has 1 saturated heterocycles. The Kier molecular flexibility index (Phi) is 7.17. The van der Waals surface area contributed by atoms with Crippen LogP contribution in [0, 0.1) is 20.2 Å². The number of carbonyl (C=O) groups is 1. The molecule has 13 heteroatoms. The number of esters is 1. The number of nitro groups is 2. The smallest absolute Gasteiger partial charge is 0.340 e. The molecule has 1 heterocycles. The second kappa shape index (κ2) is 9.73. The van der Waals surface area contributed by atoms with Gasteiger partial charge in [-0.25, -0.2) is 13.2 Å². The monoisotopic (exact) mass is 492 g/mol. The first-order chi connectivity index (χ1) is 16.0. The molecular formula is C21H24N4O8S. The van der Waals surface area contributed by atoms with Crippen molar-refractivity contribution in [1.82, 2.24) is 4.31 Å². The first-order valence-corrected chi connectivity index (χ1v) is 11.8. The van der Waals surface area contributed by atoms with Crippen molar-refractivity contribution >= 4 is 33.1 Å². The Bertz CT molecular complexity index is 1220. The Balaban J connectivity index is 1.91. The number of sulfonamides is 1. The van der Waals surface area contributed by atoms with Crippen LogP contribution < -0.4 is 4.90 Å². The molecule has 12 nitrogen and oxygen atoms in total. The summed E-state index contributed by atoms with van der Waals surface area (Å²) in [6.07, 6.45) is 0. The molecule has 0 unspecified atom stereocenters. The lowest BCUT2D eigenvalue weighted by Gasteiger charge is -2.35.